The highest BCUT2D eigenvalue weighted by atomic mass is 19.4. The number of amides is 2. The van der Waals surface area contributed by atoms with Crippen molar-refractivity contribution < 1.29 is 40.3 Å². The Bertz CT molecular complexity index is 1130. The molecule has 0 aromatic heterocycles. The van der Waals surface area contributed by atoms with Crippen molar-refractivity contribution in [2.45, 2.75) is 49.9 Å². The maximum Gasteiger partial charge on any atom is 0.416 e. The molecule has 3 rings (SSSR count). The third-order valence-electron chi connectivity index (χ3n) is 6.90. The van der Waals surface area contributed by atoms with Crippen molar-refractivity contribution in [3.05, 3.63) is 70.5 Å². The molecule has 1 saturated heterocycles. The highest BCUT2D eigenvalue weighted by molar-refractivity contribution is 6.19. The molecule has 200 valence electrons. The molecule has 1 fully saturated rings. The smallest absolute Gasteiger partial charge is 0.341 e. The fraction of sp³-hybridized carbons (Fsp3) is 0.440. The zero-order valence-corrected chi connectivity index (χ0v) is 20.7. The minimum atomic E-state index is -5.05. The summed E-state index contributed by atoms with van der Waals surface area (Å²) < 4.78 is 94.0. The van der Waals surface area contributed by atoms with Crippen LogP contribution >= 0.6 is 0 Å². The van der Waals surface area contributed by atoms with Gasteiger partial charge in [0.05, 0.1) is 22.6 Å². The third-order valence-corrected chi connectivity index (χ3v) is 6.90. The third kappa shape index (κ3) is 5.93. The normalized spacial score (nSPS) is 18.7. The van der Waals surface area contributed by atoms with Crippen molar-refractivity contribution in [2.24, 2.45) is 0 Å². The van der Waals surface area contributed by atoms with Crippen LogP contribution in [0.25, 0.3) is 0 Å². The van der Waals surface area contributed by atoms with E-state index in [1.165, 1.54) is 50.1 Å². The number of hydrogen-bond acceptors (Lipinski definition) is 2. The fourth-order valence-electron chi connectivity index (χ4n) is 4.67. The highest BCUT2D eigenvalue weighted by Gasteiger charge is 2.45. The Morgan fingerprint density at radius 3 is 1.86 bits per heavy atom. The van der Waals surface area contributed by atoms with Gasteiger partial charge < -0.3 is 9.80 Å². The summed E-state index contributed by atoms with van der Waals surface area (Å²) >= 11 is 0. The van der Waals surface area contributed by atoms with E-state index in [0.717, 1.165) is 0 Å². The van der Waals surface area contributed by atoms with Gasteiger partial charge in [0.1, 0.15) is 13.7 Å². The van der Waals surface area contributed by atoms with Crippen LogP contribution in [0.5, 0.6) is 0 Å². The van der Waals surface area contributed by atoms with Crippen LogP contribution in [0.1, 0.15) is 42.0 Å². The van der Waals surface area contributed by atoms with Crippen molar-refractivity contribution in [3.63, 3.8) is 0 Å². The zero-order valence-electron chi connectivity index (χ0n) is 20.7. The average Bonchev–Trinajstić information content (AvgIpc) is 3.27. The number of alkyl halides is 6. The fourth-order valence-corrected chi connectivity index (χ4v) is 4.67. The second kappa shape index (κ2) is 10.0. The Kier molecular flexibility index (Phi) is 7.72. The van der Waals surface area contributed by atoms with Gasteiger partial charge in [-0.15, -0.1) is 0 Å². The van der Waals surface area contributed by atoms with Gasteiger partial charge in [-0.05, 0) is 61.6 Å². The number of carbonyl (C=O) groups is 2. The lowest BCUT2D eigenvalue weighted by molar-refractivity contribution is -0.144. The summed E-state index contributed by atoms with van der Waals surface area (Å²) in [6.45, 7) is 2.86. The molecular weight excluding hydrogens is 504 g/mol. The van der Waals surface area contributed by atoms with Gasteiger partial charge in [0.2, 0.25) is 11.8 Å². The maximum atomic E-state index is 13.7. The number of carbonyl (C=O) groups excluding carboxylic acids is 2. The summed E-state index contributed by atoms with van der Waals surface area (Å²) in [5.41, 5.74) is -4.58. The Balaban J connectivity index is 2.02. The highest BCUT2D eigenvalue weighted by Crippen LogP contribution is 2.40. The molecule has 0 radical (unpaired) electrons. The molecule has 0 N–H and O–H groups in total. The lowest BCUT2D eigenvalue weighted by atomic mass is 9.80. The van der Waals surface area contributed by atoms with Crippen LogP contribution in [-0.2, 0) is 27.4 Å². The van der Waals surface area contributed by atoms with Crippen LogP contribution in [0, 0.1) is 5.82 Å². The van der Waals surface area contributed by atoms with Gasteiger partial charge in [-0.3, -0.25) is 9.59 Å². The summed E-state index contributed by atoms with van der Waals surface area (Å²) in [5, 5.41) is 0. The van der Waals surface area contributed by atoms with Gasteiger partial charge in [-0.1, -0.05) is 12.1 Å². The van der Waals surface area contributed by atoms with Gasteiger partial charge in [0.15, 0.2) is 0 Å². The molecule has 2 aromatic rings. The second-order valence-corrected chi connectivity index (χ2v) is 9.71. The van der Waals surface area contributed by atoms with Crippen LogP contribution in [-0.4, -0.2) is 55.6 Å². The summed E-state index contributed by atoms with van der Waals surface area (Å²) in [7, 11) is 3.08. The maximum absolute atomic E-state index is 13.7. The Morgan fingerprint density at radius 1 is 0.919 bits per heavy atom. The minimum absolute atomic E-state index is 0.0174. The van der Waals surface area contributed by atoms with Gasteiger partial charge in [-0.2, -0.15) is 26.3 Å². The standard InChI is InChI=1S/C25H26BF7N2O2/c1-23(2,15-8-16(24(28,29)30)10-17(9-15)25(31,32)33)22(37)34(3)20-13-35(21(36)11-26)12-19(20)14-4-6-18(27)7-5-14/h4-10,19-20H,11-13,26H2,1-3H3/t19-,20+/m0/s1. The number of benzene rings is 2. The molecule has 0 bridgehead atoms. The van der Waals surface area contributed by atoms with Crippen molar-refractivity contribution in [1.29, 1.82) is 0 Å². The Hall–Kier alpha value is -3.05. The first-order valence-electron chi connectivity index (χ1n) is 11.6. The lowest BCUT2D eigenvalue weighted by Gasteiger charge is -2.36. The van der Waals surface area contributed by atoms with Crippen LogP contribution < -0.4 is 0 Å². The predicted molar refractivity (Wildman–Crippen MR) is 125 cm³/mol. The quantitative estimate of drug-likeness (QED) is 0.418. The first-order chi connectivity index (χ1) is 17.0. The van der Waals surface area contributed by atoms with Crippen LogP contribution in [0.15, 0.2) is 42.5 Å². The molecule has 37 heavy (non-hydrogen) atoms. The zero-order chi connectivity index (χ0) is 27.9. The van der Waals surface area contributed by atoms with E-state index in [1.54, 1.807) is 12.7 Å². The molecule has 0 saturated carbocycles. The first-order valence-corrected chi connectivity index (χ1v) is 11.6. The molecule has 2 amide bonds. The van der Waals surface area contributed by atoms with E-state index in [1.807, 2.05) is 0 Å². The van der Waals surface area contributed by atoms with E-state index in [4.69, 9.17) is 0 Å². The molecule has 0 aliphatic carbocycles. The Labute approximate surface area is 210 Å². The lowest BCUT2D eigenvalue weighted by Crippen LogP contribution is -2.49. The number of halogens is 7. The monoisotopic (exact) mass is 530 g/mol. The second-order valence-electron chi connectivity index (χ2n) is 9.71. The minimum Gasteiger partial charge on any atom is -0.341 e. The number of likely N-dealkylation sites (tertiary alicyclic amines) is 1. The molecular formula is C25H26BF7N2O2. The van der Waals surface area contributed by atoms with Gasteiger partial charge >= 0.3 is 12.4 Å². The summed E-state index contributed by atoms with van der Waals surface area (Å²) in [6, 6.07) is 6.02. The molecule has 0 spiro atoms. The topological polar surface area (TPSA) is 40.6 Å². The summed E-state index contributed by atoms with van der Waals surface area (Å²) in [6.07, 6.45) is -9.90. The van der Waals surface area contributed by atoms with Crippen LogP contribution in [0.2, 0.25) is 6.32 Å². The molecule has 1 heterocycles. The number of hydrogen-bond donors (Lipinski definition) is 0. The predicted octanol–water partition coefficient (Wildman–Crippen LogP) is 4.65. The summed E-state index contributed by atoms with van der Waals surface area (Å²) in [4.78, 5) is 28.9. The van der Waals surface area contributed by atoms with Crippen LogP contribution in [0.4, 0.5) is 30.7 Å². The average molecular weight is 530 g/mol. The van der Waals surface area contributed by atoms with Crippen LogP contribution in [0.3, 0.4) is 0 Å². The van der Waals surface area contributed by atoms with E-state index in [2.05, 4.69) is 0 Å². The molecule has 2 aromatic carbocycles. The van der Waals surface area contributed by atoms with Gasteiger partial charge in [0, 0.05) is 26.1 Å². The van der Waals surface area contributed by atoms with E-state index >= 15 is 0 Å². The number of rotatable bonds is 5. The van der Waals surface area contributed by atoms with Crippen molar-refractivity contribution in [1.82, 2.24) is 9.80 Å². The van der Waals surface area contributed by atoms with Crippen molar-refractivity contribution >= 4 is 19.7 Å². The first kappa shape index (κ1) is 28.5. The van der Waals surface area contributed by atoms with E-state index in [0.29, 0.717) is 17.7 Å². The molecule has 2 atom stereocenters. The number of nitrogens with zero attached hydrogens (tertiary/aromatic N) is 2. The van der Waals surface area contributed by atoms with E-state index in [-0.39, 0.29) is 31.4 Å². The van der Waals surface area contributed by atoms with Crippen molar-refractivity contribution in [3.8, 4) is 0 Å². The van der Waals surface area contributed by atoms with E-state index in [9.17, 15) is 40.3 Å². The number of likely N-dealkylation sites (N-methyl/N-ethyl adjacent to an activating group) is 1. The molecule has 12 heteroatoms. The summed E-state index contributed by atoms with van der Waals surface area (Å²) in [5.74, 6) is -1.81. The molecule has 1 aliphatic rings. The Morgan fingerprint density at radius 2 is 1.41 bits per heavy atom. The SMILES string of the molecule is BCC(=O)N1C[C@@H](N(C)C(=O)C(C)(C)c2cc(C(F)(F)F)cc(C(F)(F)F)c2)[C@H](c2ccc(F)cc2)C1. The molecule has 4 nitrogen and oxygen atoms in total. The molecule has 0 unspecified atom stereocenters. The van der Waals surface area contributed by atoms with E-state index < -0.39 is 58.1 Å². The molecule has 1 aliphatic heterocycles. The van der Waals surface area contributed by atoms with Gasteiger partial charge in [0.25, 0.3) is 0 Å². The largest absolute Gasteiger partial charge is 0.416 e. The van der Waals surface area contributed by atoms with Crippen molar-refractivity contribution in [2.75, 3.05) is 20.1 Å². The van der Waals surface area contributed by atoms with Gasteiger partial charge in [-0.25, -0.2) is 4.39 Å².